The van der Waals surface area contributed by atoms with Crippen LogP contribution in [0.4, 0.5) is 5.69 Å². The third kappa shape index (κ3) is 3.88. The number of H-pyrrole nitrogens is 1. The van der Waals surface area contributed by atoms with E-state index in [0.717, 1.165) is 22.2 Å². The molecule has 0 bridgehead atoms. The number of aromatic amines is 1. The van der Waals surface area contributed by atoms with Gasteiger partial charge in [0.1, 0.15) is 0 Å². The minimum absolute atomic E-state index is 0.0877. The van der Waals surface area contributed by atoms with Crippen LogP contribution in [0.5, 0.6) is 0 Å². The lowest BCUT2D eigenvalue weighted by atomic mass is 10.1. The number of nitrogens with one attached hydrogen (secondary N) is 2. The van der Waals surface area contributed by atoms with Crippen LogP contribution in [0.2, 0.25) is 0 Å². The summed E-state index contributed by atoms with van der Waals surface area (Å²) in [5.74, 6) is 0.860. The second-order valence-corrected chi connectivity index (χ2v) is 7.31. The van der Waals surface area contributed by atoms with Crippen molar-refractivity contribution in [1.82, 2.24) is 19.7 Å². The van der Waals surface area contributed by atoms with Gasteiger partial charge in [0, 0.05) is 30.0 Å². The first kappa shape index (κ1) is 17.4. The molecule has 0 unspecified atom stereocenters. The number of hydrogen-bond donors (Lipinski definition) is 2. The fourth-order valence-electron chi connectivity index (χ4n) is 2.82. The van der Waals surface area contributed by atoms with Crippen molar-refractivity contribution in [1.29, 1.82) is 0 Å². The Morgan fingerprint density at radius 1 is 1.19 bits per heavy atom. The van der Waals surface area contributed by atoms with Crippen LogP contribution in [-0.2, 0) is 11.8 Å². The maximum atomic E-state index is 12.3. The SMILES string of the molecule is Cc1ccc(-c2nc(SCC(=O)Nc3ccc4ccn(C)c4c3)n[nH]2)cc1. The molecule has 0 aliphatic rings. The number of benzene rings is 2. The van der Waals surface area contributed by atoms with Gasteiger partial charge in [0.15, 0.2) is 5.82 Å². The quantitative estimate of drug-likeness (QED) is 0.516. The van der Waals surface area contributed by atoms with Crippen LogP contribution in [0, 0.1) is 6.92 Å². The summed E-state index contributed by atoms with van der Waals surface area (Å²) in [6, 6.07) is 16.0. The Morgan fingerprint density at radius 3 is 2.81 bits per heavy atom. The number of fused-ring (bicyclic) bond motifs is 1. The van der Waals surface area contributed by atoms with E-state index < -0.39 is 0 Å². The highest BCUT2D eigenvalue weighted by molar-refractivity contribution is 7.99. The fraction of sp³-hybridized carbons (Fsp3) is 0.150. The average Bonchev–Trinajstić information content (AvgIpc) is 3.28. The van der Waals surface area contributed by atoms with Crippen LogP contribution in [0.1, 0.15) is 5.56 Å². The number of carbonyl (C=O) groups is 1. The van der Waals surface area contributed by atoms with Crippen molar-refractivity contribution in [3.8, 4) is 11.4 Å². The maximum Gasteiger partial charge on any atom is 0.234 e. The van der Waals surface area contributed by atoms with E-state index in [1.165, 1.54) is 17.3 Å². The van der Waals surface area contributed by atoms with Gasteiger partial charge in [0.25, 0.3) is 0 Å². The van der Waals surface area contributed by atoms with Crippen molar-refractivity contribution in [2.75, 3.05) is 11.1 Å². The number of aryl methyl sites for hydroxylation is 2. The molecular weight excluding hydrogens is 358 g/mol. The Balaban J connectivity index is 1.37. The van der Waals surface area contributed by atoms with Gasteiger partial charge in [-0.2, -0.15) is 0 Å². The van der Waals surface area contributed by atoms with Gasteiger partial charge in [-0.3, -0.25) is 9.89 Å². The van der Waals surface area contributed by atoms with E-state index in [9.17, 15) is 4.79 Å². The fourth-order valence-corrected chi connectivity index (χ4v) is 3.42. The van der Waals surface area contributed by atoms with Gasteiger partial charge in [-0.25, -0.2) is 4.98 Å². The van der Waals surface area contributed by atoms with Crippen molar-refractivity contribution in [2.24, 2.45) is 7.05 Å². The van der Waals surface area contributed by atoms with Crippen molar-refractivity contribution >= 4 is 34.3 Å². The molecule has 0 fully saturated rings. The molecule has 7 heteroatoms. The summed E-state index contributed by atoms with van der Waals surface area (Å²) < 4.78 is 2.03. The summed E-state index contributed by atoms with van der Waals surface area (Å²) >= 11 is 1.30. The highest BCUT2D eigenvalue weighted by atomic mass is 32.2. The zero-order valence-electron chi connectivity index (χ0n) is 15.1. The smallest absolute Gasteiger partial charge is 0.234 e. The molecular formula is C20H19N5OS. The van der Waals surface area contributed by atoms with Crippen LogP contribution in [0.25, 0.3) is 22.3 Å². The summed E-state index contributed by atoms with van der Waals surface area (Å²) in [7, 11) is 1.98. The van der Waals surface area contributed by atoms with E-state index >= 15 is 0 Å². The van der Waals surface area contributed by atoms with E-state index in [4.69, 9.17) is 0 Å². The Hall–Kier alpha value is -3.06. The van der Waals surface area contributed by atoms with Crippen molar-refractivity contribution < 1.29 is 4.79 Å². The molecule has 2 aromatic carbocycles. The lowest BCUT2D eigenvalue weighted by molar-refractivity contribution is -0.113. The Kier molecular flexibility index (Phi) is 4.68. The largest absolute Gasteiger partial charge is 0.350 e. The molecule has 2 heterocycles. The molecule has 0 atom stereocenters. The molecule has 0 aliphatic carbocycles. The molecule has 1 amide bonds. The van der Waals surface area contributed by atoms with Gasteiger partial charge in [0.05, 0.1) is 5.75 Å². The third-order valence-corrected chi connectivity index (χ3v) is 5.14. The molecule has 0 aliphatic heterocycles. The standard InChI is InChI=1S/C20H19N5OS/c1-13-3-5-15(6-4-13)19-22-20(24-23-19)27-12-18(26)21-16-8-7-14-9-10-25(2)17(14)11-16/h3-11H,12H2,1-2H3,(H,21,26)(H,22,23,24). The molecule has 0 saturated carbocycles. The number of aromatic nitrogens is 4. The monoisotopic (exact) mass is 377 g/mol. The topological polar surface area (TPSA) is 75.6 Å². The summed E-state index contributed by atoms with van der Waals surface area (Å²) in [5.41, 5.74) is 4.03. The number of rotatable bonds is 5. The van der Waals surface area contributed by atoms with Crippen molar-refractivity contribution in [3.05, 3.63) is 60.3 Å². The Labute approximate surface area is 161 Å². The lowest BCUT2D eigenvalue weighted by Crippen LogP contribution is -2.14. The van der Waals surface area contributed by atoms with Gasteiger partial charge >= 0.3 is 0 Å². The Bertz CT molecular complexity index is 1100. The zero-order chi connectivity index (χ0) is 18.8. The van der Waals surface area contributed by atoms with Crippen LogP contribution >= 0.6 is 11.8 Å². The van der Waals surface area contributed by atoms with Crippen LogP contribution in [-0.4, -0.2) is 31.4 Å². The van der Waals surface area contributed by atoms with Crippen LogP contribution in [0.3, 0.4) is 0 Å². The van der Waals surface area contributed by atoms with E-state index in [2.05, 4.69) is 20.5 Å². The number of thioether (sulfide) groups is 1. The Morgan fingerprint density at radius 2 is 2.00 bits per heavy atom. The molecule has 0 spiro atoms. The molecule has 4 aromatic rings. The zero-order valence-corrected chi connectivity index (χ0v) is 15.9. The van der Waals surface area contributed by atoms with E-state index in [1.54, 1.807) is 0 Å². The number of carbonyl (C=O) groups excluding carboxylic acids is 1. The van der Waals surface area contributed by atoms with Gasteiger partial charge in [-0.1, -0.05) is 47.7 Å². The summed E-state index contributed by atoms with van der Waals surface area (Å²) in [5, 5.41) is 11.7. The maximum absolute atomic E-state index is 12.3. The second-order valence-electron chi connectivity index (χ2n) is 6.37. The number of amides is 1. The molecule has 136 valence electrons. The van der Waals surface area contributed by atoms with Gasteiger partial charge < -0.3 is 9.88 Å². The highest BCUT2D eigenvalue weighted by Gasteiger charge is 2.10. The van der Waals surface area contributed by atoms with Gasteiger partial charge in [-0.05, 0) is 30.5 Å². The van der Waals surface area contributed by atoms with Gasteiger partial charge in [0.2, 0.25) is 11.1 Å². The predicted octanol–water partition coefficient (Wildman–Crippen LogP) is 4.00. The minimum Gasteiger partial charge on any atom is -0.350 e. The molecule has 4 rings (SSSR count). The molecule has 2 N–H and O–H groups in total. The van der Waals surface area contributed by atoms with Crippen molar-refractivity contribution in [3.63, 3.8) is 0 Å². The van der Waals surface area contributed by atoms with Crippen LogP contribution in [0.15, 0.2) is 59.9 Å². The molecule has 2 aromatic heterocycles. The van der Waals surface area contributed by atoms with Crippen molar-refractivity contribution in [2.45, 2.75) is 12.1 Å². The first-order valence-electron chi connectivity index (χ1n) is 8.56. The molecule has 0 radical (unpaired) electrons. The predicted molar refractivity (Wildman–Crippen MR) is 109 cm³/mol. The first-order valence-corrected chi connectivity index (χ1v) is 9.54. The lowest BCUT2D eigenvalue weighted by Gasteiger charge is -2.05. The van der Waals surface area contributed by atoms with E-state index in [-0.39, 0.29) is 11.7 Å². The average molecular weight is 377 g/mol. The number of nitrogens with zero attached hydrogens (tertiary/aromatic N) is 3. The van der Waals surface area contributed by atoms with Gasteiger partial charge in [-0.15, -0.1) is 5.10 Å². The molecule has 27 heavy (non-hydrogen) atoms. The summed E-state index contributed by atoms with van der Waals surface area (Å²) in [4.78, 5) is 16.7. The minimum atomic E-state index is -0.0877. The molecule has 0 saturated heterocycles. The third-order valence-electron chi connectivity index (χ3n) is 4.29. The number of anilines is 1. The summed E-state index contributed by atoms with van der Waals surface area (Å²) in [6.45, 7) is 2.04. The molecule has 6 nitrogen and oxygen atoms in total. The summed E-state index contributed by atoms with van der Waals surface area (Å²) in [6.07, 6.45) is 2.00. The second kappa shape index (κ2) is 7.28. The van der Waals surface area contributed by atoms with E-state index in [1.807, 2.05) is 73.3 Å². The number of hydrogen-bond acceptors (Lipinski definition) is 4. The van der Waals surface area contributed by atoms with E-state index in [0.29, 0.717) is 11.0 Å². The van der Waals surface area contributed by atoms with Crippen LogP contribution < -0.4 is 5.32 Å². The highest BCUT2D eigenvalue weighted by Crippen LogP contribution is 2.22. The normalized spacial score (nSPS) is 11.0. The first-order chi connectivity index (χ1) is 13.1.